The van der Waals surface area contributed by atoms with Crippen LogP contribution < -0.4 is 10.2 Å². The number of amides is 1. The van der Waals surface area contributed by atoms with Gasteiger partial charge in [-0.3, -0.25) is 4.79 Å². The molecule has 1 saturated heterocycles. The number of rotatable bonds is 3. The quantitative estimate of drug-likeness (QED) is 0.759. The third-order valence-electron chi connectivity index (χ3n) is 4.43. The van der Waals surface area contributed by atoms with Crippen LogP contribution >= 0.6 is 22.7 Å². The van der Waals surface area contributed by atoms with Gasteiger partial charge in [-0.1, -0.05) is 28.7 Å². The van der Waals surface area contributed by atoms with Crippen molar-refractivity contribution in [2.45, 2.75) is 26.7 Å². The van der Waals surface area contributed by atoms with Gasteiger partial charge in [-0.15, -0.1) is 10.2 Å². The van der Waals surface area contributed by atoms with E-state index in [1.165, 1.54) is 21.6 Å². The number of fused-ring (bicyclic) bond motifs is 1. The highest BCUT2D eigenvalue weighted by Crippen LogP contribution is 2.32. The number of nitrogens with one attached hydrogen (secondary N) is 1. The molecule has 0 aliphatic carbocycles. The van der Waals surface area contributed by atoms with Gasteiger partial charge in [0.25, 0.3) is 0 Å². The normalized spacial score (nSPS) is 15.7. The van der Waals surface area contributed by atoms with E-state index >= 15 is 0 Å². The second-order valence-corrected chi connectivity index (χ2v) is 8.54. The van der Waals surface area contributed by atoms with Crippen LogP contribution in [0.1, 0.15) is 23.4 Å². The predicted molar refractivity (Wildman–Crippen MR) is 103 cm³/mol. The Kier molecular flexibility index (Phi) is 4.39. The molecule has 25 heavy (non-hydrogen) atoms. The van der Waals surface area contributed by atoms with E-state index in [-0.39, 0.29) is 11.8 Å². The number of carbonyl (C=O) groups excluding carboxylic acids is 1. The van der Waals surface area contributed by atoms with E-state index in [1.807, 2.05) is 6.92 Å². The van der Waals surface area contributed by atoms with Gasteiger partial charge in [0.15, 0.2) is 5.13 Å². The summed E-state index contributed by atoms with van der Waals surface area (Å²) in [7, 11) is 0. The maximum absolute atomic E-state index is 12.4. The topological polar surface area (TPSA) is 71.0 Å². The summed E-state index contributed by atoms with van der Waals surface area (Å²) in [5.74, 6) is 0.0767. The number of hydrogen-bond donors (Lipinski definition) is 1. The SMILES string of the molecule is Cc1ccc2nc(N3CCC(C(=O)Nc4nnc(C)s4)CC3)sc2c1. The highest BCUT2D eigenvalue weighted by molar-refractivity contribution is 7.22. The number of thiazole rings is 1. The fraction of sp³-hybridized carbons (Fsp3) is 0.412. The van der Waals surface area contributed by atoms with E-state index in [4.69, 9.17) is 4.98 Å². The zero-order valence-electron chi connectivity index (χ0n) is 14.2. The van der Waals surface area contributed by atoms with Crippen molar-refractivity contribution in [3.63, 3.8) is 0 Å². The van der Waals surface area contributed by atoms with Gasteiger partial charge >= 0.3 is 0 Å². The van der Waals surface area contributed by atoms with Crippen LogP contribution in [-0.2, 0) is 4.79 Å². The Morgan fingerprint density at radius 1 is 1.20 bits per heavy atom. The Balaban J connectivity index is 1.39. The van der Waals surface area contributed by atoms with Crippen LogP contribution in [0.15, 0.2) is 18.2 Å². The molecule has 0 saturated carbocycles. The van der Waals surface area contributed by atoms with E-state index in [1.54, 1.807) is 11.3 Å². The number of nitrogens with zero attached hydrogens (tertiary/aromatic N) is 4. The first-order valence-electron chi connectivity index (χ1n) is 8.31. The van der Waals surface area contributed by atoms with Crippen molar-refractivity contribution in [1.82, 2.24) is 15.2 Å². The van der Waals surface area contributed by atoms with Crippen molar-refractivity contribution in [2.75, 3.05) is 23.3 Å². The van der Waals surface area contributed by atoms with Gasteiger partial charge in [-0.25, -0.2) is 4.98 Å². The molecule has 0 atom stereocenters. The Morgan fingerprint density at radius 3 is 2.72 bits per heavy atom. The van der Waals surface area contributed by atoms with E-state index < -0.39 is 0 Å². The molecule has 0 unspecified atom stereocenters. The molecule has 6 nitrogen and oxygen atoms in total. The minimum atomic E-state index is 0.0251. The van der Waals surface area contributed by atoms with Gasteiger partial charge in [0.2, 0.25) is 11.0 Å². The maximum atomic E-state index is 12.4. The second kappa shape index (κ2) is 6.68. The van der Waals surface area contributed by atoms with E-state index in [0.717, 1.165) is 41.6 Å². The second-order valence-electron chi connectivity index (χ2n) is 6.34. The van der Waals surface area contributed by atoms with Crippen LogP contribution in [0.3, 0.4) is 0 Å². The van der Waals surface area contributed by atoms with E-state index in [9.17, 15) is 4.79 Å². The number of piperidine rings is 1. The number of carbonyl (C=O) groups is 1. The fourth-order valence-electron chi connectivity index (χ4n) is 3.04. The minimum Gasteiger partial charge on any atom is -0.348 e. The molecule has 4 rings (SSSR count). The minimum absolute atomic E-state index is 0.0251. The standard InChI is InChI=1S/C17H19N5OS2/c1-10-3-4-13-14(9-10)25-17(18-13)22-7-5-12(6-8-22)15(23)19-16-21-20-11(2)24-16/h3-4,9,12H,5-8H2,1-2H3,(H,19,21,23). The van der Waals surface area contributed by atoms with E-state index in [2.05, 4.69) is 45.5 Å². The predicted octanol–water partition coefficient (Wildman–Crippen LogP) is 3.62. The van der Waals surface area contributed by atoms with Crippen LogP contribution in [0, 0.1) is 19.8 Å². The third kappa shape index (κ3) is 3.50. The summed E-state index contributed by atoms with van der Waals surface area (Å²) in [5, 5.41) is 13.3. The fourth-order valence-corrected chi connectivity index (χ4v) is 4.75. The Hall–Kier alpha value is -2.06. The summed E-state index contributed by atoms with van der Waals surface area (Å²) in [6.45, 7) is 5.69. The Morgan fingerprint density at radius 2 is 2.00 bits per heavy atom. The number of benzene rings is 1. The third-order valence-corrected chi connectivity index (χ3v) is 6.26. The highest BCUT2D eigenvalue weighted by atomic mass is 32.1. The van der Waals surface area contributed by atoms with Crippen molar-refractivity contribution in [3.8, 4) is 0 Å². The van der Waals surface area contributed by atoms with Crippen LogP contribution in [0.25, 0.3) is 10.2 Å². The lowest BCUT2D eigenvalue weighted by atomic mass is 9.96. The molecule has 3 heterocycles. The zero-order valence-corrected chi connectivity index (χ0v) is 15.8. The first-order chi connectivity index (χ1) is 12.1. The summed E-state index contributed by atoms with van der Waals surface area (Å²) < 4.78 is 1.22. The molecule has 1 amide bonds. The van der Waals surface area contributed by atoms with Crippen molar-refractivity contribution in [2.24, 2.45) is 5.92 Å². The molecule has 0 spiro atoms. The van der Waals surface area contributed by atoms with Crippen molar-refractivity contribution >= 4 is 49.1 Å². The molecule has 1 aliphatic heterocycles. The number of hydrogen-bond acceptors (Lipinski definition) is 7. The monoisotopic (exact) mass is 373 g/mol. The van der Waals surface area contributed by atoms with Crippen LogP contribution in [0.5, 0.6) is 0 Å². The number of anilines is 2. The molecule has 1 N–H and O–H groups in total. The molecule has 1 aromatic carbocycles. The largest absolute Gasteiger partial charge is 0.348 e. The smallest absolute Gasteiger partial charge is 0.229 e. The maximum Gasteiger partial charge on any atom is 0.229 e. The average molecular weight is 374 g/mol. The highest BCUT2D eigenvalue weighted by Gasteiger charge is 2.27. The summed E-state index contributed by atoms with van der Waals surface area (Å²) in [6, 6.07) is 6.35. The molecule has 0 bridgehead atoms. The lowest BCUT2D eigenvalue weighted by Crippen LogP contribution is -2.38. The number of aryl methyl sites for hydroxylation is 2. The average Bonchev–Trinajstić information content (AvgIpc) is 3.20. The van der Waals surface area contributed by atoms with Crippen LogP contribution in [0.2, 0.25) is 0 Å². The molecule has 8 heteroatoms. The van der Waals surface area contributed by atoms with Crippen molar-refractivity contribution < 1.29 is 4.79 Å². The Labute approximate surface area is 153 Å². The van der Waals surface area contributed by atoms with Gasteiger partial charge in [-0.05, 0) is 44.4 Å². The lowest BCUT2D eigenvalue weighted by Gasteiger charge is -2.30. The molecular formula is C17H19N5OS2. The van der Waals surface area contributed by atoms with Crippen LogP contribution in [-0.4, -0.2) is 34.2 Å². The molecule has 1 fully saturated rings. The first-order valence-corrected chi connectivity index (χ1v) is 9.95. The van der Waals surface area contributed by atoms with Gasteiger partial charge in [-0.2, -0.15) is 0 Å². The molecule has 130 valence electrons. The van der Waals surface area contributed by atoms with Crippen molar-refractivity contribution in [3.05, 3.63) is 28.8 Å². The Bertz CT molecular complexity index is 911. The molecule has 3 aromatic rings. The van der Waals surface area contributed by atoms with Gasteiger partial charge in [0.05, 0.1) is 10.2 Å². The summed E-state index contributed by atoms with van der Waals surface area (Å²) in [4.78, 5) is 19.4. The summed E-state index contributed by atoms with van der Waals surface area (Å²) in [6.07, 6.45) is 1.66. The summed E-state index contributed by atoms with van der Waals surface area (Å²) in [5.41, 5.74) is 2.31. The van der Waals surface area contributed by atoms with Gasteiger partial charge < -0.3 is 10.2 Å². The van der Waals surface area contributed by atoms with E-state index in [0.29, 0.717) is 5.13 Å². The molecule has 2 aromatic heterocycles. The number of aromatic nitrogens is 3. The summed E-state index contributed by atoms with van der Waals surface area (Å²) >= 11 is 3.14. The molecule has 1 aliphatic rings. The first kappa shape index (κ1) is 16.4. The zero-order chi connectivity index (χ0) is 17.4. The van der Waals surface area contributed by atoms with Gasteiger partial charge in [0, 0.05) is 19.0 Å². The van der Waals surface area contributed by atoms with Crippen LogP contribution in [0.4, 0.5) is 10.3 Å². The van der Waals surface area contributed by atoms with Crippen molar-refractivity contribution in [1.29, 1.82) is 0 Å². The molecule has 0 radical (unpaired) electrons. The van der Waals surface area contributed by atoms with Gasteiger partial charge in [0.1, 0.15) is 5.01 Å². The lowest BCUT2D eigenvalue weighted by molar-refractivity contribution is -0.120. The molecular weight excluding hydrogens is 354 g/mol.